The fourth-order valence-electron chi connectivity index (χ4n) is 1.38. The fourth-order valence-corrected chi connectivity index (χ4v) is 3.66. The predicted molar refractivity (Wildman–Crippen MR) is 80.5 cm³/mol. The maximum atomic E-state index is 12.1. The van der Waals surface area contributed by atoms with Crippen LogP contribution < -0.4 is 0 Å². The third-order valence-corrected chi connectivity index (χ3v) is 5.13. The average molecular weight is 392 g/mol. The molecule has 0 radical (unpaired) electrons. The molecule has 0 fully saturated rings. The highest BCUT2D eigenvalue weighted by atomic mass is 127. The van der Waals surface area contributed by atoms with Gasteiger partial charge in [0.05, 0.1) is 21.3 Å². The van der Waals surface area contributed by atoms with Crippen molar-refractivity contribution in [2.24, 2.45) is 0 Å². The van der Waals surface area contributed by atoms with E-state index in [1.807, 2.05) is 11.4 Å². The molecule has 94 valence electrons. The van der Waals surface area contributed by atoms with Crippen LogP contribution in [0, 0.1) is 2.88 Å². The van der Waals surface area contributed by atoms with Crippen LogP contribution in [-0.2, 0) is 16.0 Å². The number of rotatable bonds is 4. The molecule has 0 amide bonds. The Morgan fingerprint density at radius 2 is 2.17 bits per heavy atom. The van der Waals surface area contributed by atoms with Crippen molar-refractivity contribution in [3.8, 4) is 0 Å². The number of carbonyl (C=O) groups is 2. The van der Waals surface area contributed by atoms with Crippen molar-refractivity contribution in [2.75, 3.05) is 7.11 Å². The number of carbonyl (C=O) groups excluding carboxylic acids is 2. The molecule has 18 heavy (non-hydrogen) atoms. The zero-order valence-electron chi connectivity index (χ0n) is 9.44. The maximum Gasteiger partial charge on any atom is 0.310 e. The lowest BCUT2D eigenvalue weighted by Gasteiger charge is -1.95. The van der Waals surface area contributed by atoms with E-state index in [1.165, 1.54) is 18.4 Å². The van der Waals surface area contributed by atoms with E-state index < -0.39 is 0 Å². The lowest BCUT2D eigenvalue weighted by Crippen LogP contribution is -2.02. The average Bonchev–Trinajstić information content (AvgIpc) is 2.97. The zero-order valence-corrected chi connectivity index (χ0v) is 13.2. The summed E-state index contributed by atoms with van der Waals surface area (Å²) in [5.74, 6) is -0.281. The van der Waals surface area contributed by atoms with Crippen molar-refractivity contribution in [3.05, 3.63) is 41.8 Å². The van der Waals surface area contributed by atoms with Gasteiger partial charge in [-0.1, -0.05) is 0 Å². The summed E-state index contributed by atoms with van der Waals surface area (Å²) in [7, 11) is 1.36. The van der Waals surface area contributed by atoms with E-state index in [0.29, 0.717) is 10.4 Å². The molecule has 3 nitrogen and oxygen atoms in total. The highest BCUT2D eigenvalue weighted by molar-refractivity contribution is 14.1. The van der Waals surface area contributed by atoms with Crippen LogP contribution in [0.15, 0.2) is 23.6 Å². The van der Waals surface area contributed by atoms with Crippen molar-refractivity contribution >= 4 is 57.0 Å². The standard InChI is InChI=1S/C12H9IO3S2/c1-16-11(14)5-8-2-3-9(18-8)12(15)7-4-10(13)17-6-7/h2-4,6H,5H2,1H3. The van der Waals surface area contributed by atoms with Crippen molar-refractivity contribution in [3.63, 3.8) is 0 Å². The van der Waals surface area contributed by atoms with Crippen LogP contribution in [0.2, 0.25) is 0 Å². The largest absolute Gasteiger partial charge is 0.469 e. The van der Waals surface area contributed by atoms with E-state index in [1.54, 1.807) is 23.5 Å². The minimum atomic E-state index is -0.291. The van der Waals surface area contributed by atoms with Crippen LogP contribution in [0.1, 0.15) is 20.1 Å². The van der Waals surface area contributed by atoms with Crippen molar-refractivity contribution in [1.29, 1.82) is 0 Å². The molecule has 0 aliphatic rings. The lowest BCUT2D eigenvalue weighted by molar-refractivity contribution is -0.139. The van der Waals surface area contributed by atoms with Gasteiger partial charge in [-0.15, -0.1) is 22.7 Å². The summed E-state index contributed by atoms with van der Waals surface area (Å²) in [6.07, 6.45) is 0.218. The Labute approximate surface area is 126 Å². The van der Waals surface area contributed by atoms with Crippen LogP contribution in [0.4, 0.5) is 0 Å². The summed E-state index contributed by atoms with van der Waals surface area (Å²) < 4.78 is 5.68. The number of thiophene rings is 2. The summed E-state index contributed by atoms with van der Waals surface area (Å²) in [5.41, 5.74) is 0.705. The third-order valence-electron chi connectivity index (χ3n) is 2.26. The van der Waals surface area contributed by atoms with Crippen molar-refractivity contribution in [1.82, 2.24) is 0 Å². The summed E-state index contributed by atoms with van der Waals surface area (Å²) in [5, 5.41) is 1.85. The van der Waals surface area contributed by atoms with E-state index >= 15 is 0 Å². The number of methoxy groups -OCH3 is 1. The van der Waals surface area contributed by atoms with Crippen LogP contribution in [0.5, 0.6) is 0 Å². The molecule has 2 rings (SSSR count). The van der Waals surface area contributed by atoms with Gasteiger partial charge in [0.15, 0.2) is 0 Å². The Kier molecular flexibility index (Phi) is 4.52. The minimum Gasteiger partial charge on any atom is -0.469 e. The molecule has 0 aromatic carbocycles. The molecule has 0 aliphatic heterocycles. The Bertz CT molecular complexity index is 586. The third kappa shape index (κ3) is 3.18. The highest BCUT2D eigenvalue weighted by Gasteiger charge is 2.14. The molecular formula is C12H9IO3S2. The van der Waals surface area contributed by atoms with Gasteiger partial charge in [-0.25, -0.2) is 0 Å². The van der Waals surface area contributed by atoms with Gasteiger partial charge in [-0.2, -0.15) is 0 Å². The first kappa shape index (κ1) is 13.7. The smallest absolute Gasteiger partial charge is 0.310 e. The molecular weight excluding hydrogens is 383 g/mol. The van der Waals surface area contributed by atoms with E-state index in [0.717, 1.165) is 7.76 Å². The number of hydrogen-bond acceptors (Lipinski definition) is 5. The molecule has 2 aromatic heterocycles. The molecule has 0 N–H and O–H groups in total. The van der Waals surface area contributed by atoms with E-state index in [2.05, 4.69) is 27.3 Å². The van der Waals surface area contributed by atoms with Gasteiger partial charge in [0.1, 0.15) is 0 Å². The van der Waals surface area contributed by atoms with Crippen LogP contribution >= 0.6 is 45.3 Å². The van der Waals surface area contributed by atoms with Gasteiger partial charge in [-0.05, 0) is 40.8 Å². The predicted octanol–water partition coefficient (Wildman–Crippen LogP) is 3.36. The molecule has 0 atom stereocenters. The Balaban J connectivity index is 2.15. The van der Waals surface area contributed by atoms with E-state index in [-0.39, 0.29) is 18.2 Å². The molecule has 0 unspecified atom stereocenters. The Hall–Kier alpha value is -0.730. The number of hydrogen-bond donors (Lipinski definition) is 0. The number of esters is 1. The first-order chi connectivity index (χ1) is 8.60. The van der Waals surface area contributed by atoms with Crippen LogP contribution in [0.3, 0.4) is 0 Å². The van der Waals surface area contributed by atoms with Gasteiger partial charge in [0, 0.05) is 15.8 Å². The van der Waals surface area contributed by atoms with Crippen molar-refractivity contribution < 1.29 is 14.3 Å². The number of halogens is 1. The minimum absolute atomic E-state index is 0.00952. The van der Waals surface area contributed by atoms with Crippen molar-refractivity contribution in [2.45, 2.75) is 6.42 Å². The first-order valence-electron chi connectivity index (χ1n) is 5.04. The second kappa shape index (κ2) is 5.94. The number of ketones is 1. The quantitative estimate of drug-likeness (QED) is 0.455. The topological polar surface area (TPSA) is 43.4 Å². The molecule has 0 saturated heterocycles. The second-order valence-electron chi connectivity index (χ2n) is 3.49. The summed E-state index contributed by atoms with van der Waals surface area (Å²) in [4.78, 5) is 24.8. The summed E-state index contributed by atoms with van der Waals surface area (Å²) >= 11 is 5.07. The Morgan fingerprint density at radius 1 is 1.39 bits per heavy atom. The molecule has 0 aliphatic carbocycles. The molecule has 6 heteroatoms. The van der Waals surface area contributed by atoms with Gasteiger partial charge in [0.25, 0.3) is 0 Å². The van der Waals surface area contributed by atoms with Gasteiger partial charge >= 0.3 is 5.97 Å². The van der Waals surface area contributed by atoms with E-state index in [9.17, 15) is 9.59 Å². The zero-order chi connectivity index (χ0) is 13.1. The highest BCUT2D eigenvalue weighted by Crippen LogP contribution is 2.24. The first-order valence-corrected chi connectivity index (χ1v) is 7.82. The Morgan fingerprint density at radius 3 is 2.78 bits per heavy atom. The summed E-state index contributed by atoms with van der Waals surface area (Å²) in [6.45, 7) is 0. The van der Waals surface area contributed by atoms with Crippen LogP contribution in [-0.4, -0.2) is 18.9 Å². The maximum absolute atomic E-state index is 12.1. The van der Waals surface area contributed by atoms with E-state index in [4.69, 9.17) is 0 Å². The molecule has 2 heterocycles. The van der Waals surface area contributed by atoms with Gasteiger partial charge in [-0.3, -0.25) is 9.59 Å². The number of ether oxygens (including phenoxy) is 1. The molecule has 0 spiro atoms. The fraction of sp³-hybridized carbons (Fsp3) is 0.167. The molecule has 0 bridgehead atoms. The summed E-state index contributed by atoms with van der Waals surface area (Å²) in [6, 6.07) is 5.43. The molecule has 2 aromatic rings. The van der Waals surface area contributed by atoms with Gasteiger partial charge < -0.3 is 4.74 Å². The SMILES string of the molecule is COC(=O)Cc1ccc(C(=O)c2csc(I)c2)s1. The normalized spacial score (nSPS) is 10.3. The monoisotopic (exact) mass is 392 g/mol. The van der Waals surface area contributed by atoms with Gasteiger partial charge in [0.2, 0.25) is 5.78 Å². The molecule has 0 saturated carbocycles. The second-order valence-corrected chi connectivity index (χ2v) is 7.46. The lowest BCUT2D eigenvalue weighted by atomic mass is 10.2. The van der Waals surface area contributed by atoms with Crippen LogP contribution in [0.25, 0.3) is 0 Å².